The minimum absolute atomic E-state index is 0.106. The van der Waals surface area contributed by atoms with Crippen LogP contribution in [0.25, 0.3) is 0 Å². The number of hydrogen-bond donors (Lipinski definition) is 3. The molecule has 1 rings (SSSR count). The van der Waals surface area contributed by atoms with Gasteiger partial charge in [-0.2, -0.15) is 0 Å². The largest absolute Gasteiger partial charge is 0.479 e. The van der Waals surface area contributed by atoms with Crippen LogP contribution >= 0.6 is 15.9 Å². The maximum Gasteiger partial charge on any atom is 0.334 e. The highest BCUT2D eigenvalue weighted by Gasteiger charge is 2.17. The maximum absolute atomic E-state index is 11.6. The molecule has 0 saturated heterocycles. The Hall–Kier alpha value is -1.60. The minimum Gasteiger partial charge on any atom is -0.479 e. The van der Waals surface area contributed by atoms with Gasteiger partial charge in [-0.3, -0.25) is 0 Å². The fourth-order valence-electron chi connectivity index (χ4n) is 1.30. The van der Waals surface area contributed by atoms with E-state index in [4.69, 9.17) is 9.84 Å². The molecule has 0 spiro atoms. The number of carboxylic acid groups (broad SMARTS) is 1. The van der Waals surface area contributed by atoms with Gasteiger partial charge in [-0.25, -0.2) is 9.59 Å². The molecule has 3 N–H and O–H groups in total. The van der Waals surface area contributed by atoms with Gasteiger partial charge in [-0.05, 0) is 24.6 Å². The first-order valence-electron chi connectivity index (χ1n) is 5.50. The monoisotopic (exact) mass is 330 g/mol. The third-order valence-electron chi connectivity index (χ3n) is 2.44. The molecule has 0 saturated carbocycles. The molecule has 0 aliphatic rings. The number of amides is 2. The standard InChI is InChI=1S/C12H15BrN2O4/c1-7-3-4-8(5-9(7)13)15-12(18)14-6-10(19-2)11(16)17/h3-5,10H,6H2,1-2H3,(H,16,17)(H2,14,15,18). The van der Waals surface area contributed by atoms with Crippen LogP contribution in [0.15, 0.2) is 22.7 Å². The number of urea groups is 1. The lowest BCUT2D eigenvalue weighted by Gasteiger charge is -2.12. The molecule has 1 atom stereocenters. The van der Waals surface area contributed by atoms with Gasteiger partial charge in [-0.1, -0.05) is 22.0 Å². The number of methoxy groups -OCH3 is 1. The van der Waals surface area contributed by atoms with Gasteiger partial charge < -0.3 is 20.5 Å². The summed E-state index contributed by atoms with van der Waals surface area (Å²) in [5.74, 6) is -1.12. The number of halogens is 1. The van der Waals surface area contributed by atoms with Gasteiger partial charge in [0, 0.05) is 17.3 Å². The summed E-state index contributed by atoms with van der Waals surface area (Å²) >= 11 is 3.36. The molecule has 0 radical (unpaired) electrons. The Kier molecular flexibility index (Phi) is 5.78. The Bertz CT molecular complexity index is 479. The molecule has 1 unspecified atom stereocenters. The second-order valence-corrected chi connectivity index (χ2v) is 4.72. The Morgan fingerprint density at radius 3 is 2.68 bits per heavy atom. The van der Waals surface area contributed by atoms with E-state index in [0.29, 0.717) is 5.69 Å². The topological polar surface area (TPSA) is 87.7 Å². The van der Waals surface area contributed by atoms with E-state index in [-0.39, 0.29) is 6.54 Å². The van der Waals surface area contributed by atoms with Gasteiger partial charge in [0.1, 0.15) is 0 Å². The van der Waals surface area contributed by atoms with E-state index in [1.54, 1.807) is 12.1 Å². The Labute approximate surface area is 119 Å². The molecule has 1 aromatic carbocycles. The second kappa shape index (κ2) is 7.10. The van der Waals surface area contributed by atoms with Crippen molar-refractivity contribution in [1.82, 2.24) is 5.32 Å². The van der Waals surface area contributed by atoms with E-state index in [0.717, 1.165) is 10.0 Å². The number of aryl methyl sites for hydroxylation is 1. The highest BCUT2D eigenvalue weighted by molar-refractivity contribution is 9.10. The van der Waals surface area contributed by atoms with Crippen molar-refractivity contribution < 1.29 is 19.4 Å². The van der Waals surface area contributed by atoms with E-state index < -0.39 is 18.1 Å². The third kappa shape index (κ3) is 4.88. The summed E-state index contributed by atoms with van der Waals surface area (Å²) in [4.78, 5) is 22.2. The second-order valence-electron chi connectivity index (χ2n) is 3.86. The molecule has 2 amide bonds. The molecule has 0 aliphatic carbocycles. The Morgan fingerprint density at radius 1 is 1.47 bits per heavy atom. The summed E-state index contributed by atoms with van der Waals surface area (Å²) in [6.07, 6.45) is -1.06. The first-order chi connectivity index (χ1) is 8.93. The zero-order valence-corrected chi connectivity index (χ0v) is 12.2. The van der Waals surface area contributed by atoms with Crippen molar-refractivity contribution in [2.24, 2.45) is 0 Å². The zero-order chi connectivity index (χ0) is 14.4. The fourth-order valence-corrected chi connectivity index (χ4v) is 1.68. The van der Waals surface area contributed by atoms with E-state index in [2.05, 4.69) is 26.6 Å². The maximum atomic E-state index is 11.6. The van der Waals surface area contributed by atoms with Crippen molar-refractivity contribution in [2.75, 3.05) is 19.0 Å². The fraction of sp³-hybridized carbons (Fsp3) is 0.333. The molecule has 7 heteroatoms. The first-order valence-corrected chi connectivity index (χ1v) is 6.30. The van der Waals surface area contributed by atoms with E-state index in [1.165, 1.54) is 7.11 Å². The van der Waals surface area contributed by atoms with E-state index >= 15 is 0 Å². The van der Waals surface area contributed by atoms with Gasteiger partial charge in [0.05, 0.1) is 6.54 Å². The molecular weight excluding hydrogens is 316 g/mol. The van der Waals surface area contributed by atoms with E-state index in [1.807, 2.05) is 13.0 Å². The highest BCUT2D eigenvalue weighted by Crippen LogP contribution is 2.20. The molecule has 1 aromatic rings. The van der Waals surface area contributed by atoms with Crippen LogP contribution in [0.2, 0.25) is 0 Å². The quantitative estimate of drug-likeness (QED) is 0.770. The van der Waals surface area contributed by atoms with Gasteiger partial charge in [0.15, 0.2) is 6.10 Å². The van der Waals surface area contributed by atoms with Crippen molar-refractivity contribution >= 4 is 33.6 Å². The number of nitrogens with one attached hydrogen (secondary N) is 2. The molecule has 6 nitrogen and oxygen atoms in total. The number of carbonyl (C=O) groups is 2. The number of aliphatic carboxylic acids is 1. The Balaban J connectivity index is 2.51. The third-order valence-corrected chi connectivity index (χ3v) is 3.29. The van der Waals surface area contributed by atoms with Crippen LogP contribution in [0.3, 0.4) is 0 Å². The molecule has 0 aliphatic heterocycles. The summed E-state index contributed by atoms with van der Waals surface area (Å²) in [7, 11) is 1.27. The van der Waals surface area contributed by atoms with Gasteiger partial charge in [-0.15, -0.1) is 0 Å². The number of rotatable bonds is 5. The summed E-state index contributed by atoms with van der Waals surface area (Å²) in [6.45, 7) is 1.83. The smallest absolute Gasteiger partial charge is 0.334 e. The molecule has 0 aromatic heterocycles. The average molecular weight is 331 g/mol. The van der Waals surface area contributed by atoms with Crippen molar-refractivity contribution in [3.05, 3.63) is 28.2 Å². The van der Waals surface area contributed by atoms with Gasteiger partial charge in [0.25, 0.3) is 0 Å². The van der Waals surface area contributed by atoms with Crippen molar-refractivity contribution in [2.45, 2.75) is 13.0 Å². The van der Waals surface area contributed by atoms with Gasteiger partial charge in [0.2, 0.25) is 0 Å². The van der Waals surface area contributed by atoms with Gasteiger partial charge >= 0.3 is 12.0 Å². The number of anilines is 1. The number of hydrogen-bond acceptors (Lipinski definition) is 3. The summed E-state index contributed by atoms with van der Waals surface area (Å²) in [5.41, 5.74) is 1.66. The Morgan fingerprint density at radius 2 is 2.16 bits per heavy atom. The van der Waals surface area contributed by atoms with Crippen LogP contribution < -0.4 is 10.6 Å². The predicted octanol–water partition coefficient (Wildman–Crippen LogP) is 1.98. The average Bonchev–Trinajstić information content (AvgIpc) is 2.34. The van der Waals surface area contributed by atoms with Crippen LogP contribution in [0.1, 0.15) is 5.56 Å². The molecule has 0 bridgehead atoms. The summed E-state index contributed by atoms with van der Waals surface area (Å²) < 4.78 is 5.58. The molecule has 0 fully saturated rings. The van der Waals surface area contributed by atoms with Crippen LogP contribution in [0.5, 0.6) is 0 Å². The molecule has 19 heavy (non-hydrogen) atoms. The number of carboxylic acids is 1. The first kappa shape index (κ1) is 15.5. The lowest BCUT2D eigenvalue weighted by atomic mass is 10.2. The van der Waals surface area contributed by atoms with E-state index in [9.17, 15) is 9.59 Å². The van der Waals surface area contributed by atoms with Crippen LogP contribution in [0, 0.1) is 6.92 Å². The van der Waals surface area contributed by atoms with Crippen molar-refractivity contribution in [3.63, 3.8) is 0 Å². The summed E-state index contributed by atoms with van der Waals surface area (Å²) in [6, 6.07) is 4.89. The van der Waals surface area contributed by atoms with Crippen LogP contribution in [-0.4, -0.2) is 36.9 Å². The minimum atomic E-state index is -1.12. The van der Waals surface area contributed by atoms with Crippen molar-refractivity contribution in [1.29, 1.82) is 0 Å². The van der Waals surface area contributed by atoms with Crippen LogP contribution in [0.4, 0.5) is 10.5 Å². The lowest BCUT2D eigenvalue weighted by Crippen LogP contribution is -2.39. The SMILES string of the molecule is COC(CNC(=O)Nc1ccc(C)c(Br)c1)C(=O)O. The normalized spacial score (nSPS) is 11.7. The number of ether oxygens (including phenoxy) is 1. The van der Waals surface area contributed by atoms with Crippen LogP contribution in [-0.2, 0) is 9.53 Å². The number of benzene rings is 1. The predicted molar refractivity (Wildman–Crippen MR) is 74.3 cm³/mol. The molecular formula is C12H15BrN2O4. The molecule has 0 heterocycles. The van der Waals surface area contributed by atoms with Crippen molar-refractivity contribution in [3.8, 4) is 0 Å². The summed E-state index contributed by atoms with van der Waals surface area (Å²) in [5, 5.41) is 13.8. The zero-order valence-electron chi connectivity index (χ0n) is 10.6. The number of carbonyl (C=O) groups excluding carboxylic acids is 1. The molecule has 104 valence electrons. The highest BCUT2D eigenvalue weighted by atomic mass is 79.9. The lowest BCUT2D eigenvalue weighted by molar-refractivity contribution is -0.147.